The molecule has 0 amide bonds. The van der Waals surface area contributed by atoms with Crippen molar-refractivity contribution in [3.8, 4) is 0 Å². The van der Waals surface area contributed by atoms with Gasteiger partial charge < -0.3 is 30.2 Å². The molecule has 6 heteroatoms. The standard InChI is InChI=1S/C38H75N3O3/c1-26(2)36(13)23-29(20-33(7,8)39-36)42-19-17-16-18-32(43-30-21-34(9,10)40-37(14,24-30)27(3)4)44-31-22-35(11,12)41-38(15,25-31)28(5)6/h26-32,39-41H,16-25H2,1-15H3. The molecule has 0 saturated carbocycles. The van der Waals surface area contributed by atoms with E-state index in [0.29, 0.717) is 23.9 Å². The van der Waals surface area contributed by atoms with E-state index in [1.807, 2.05) is 0 Å². The molecule has 3 rings (SSSR count). The monoisotopic (exact) mass is 622 g/mol. The lowest BCUT2D eigenvalue weighted by Gasteiger charge is -2.52. The molecule has 3 fully saturated rings. The van der Waals surface area contributed by atoms with E-state index >= 15 is 0 Å². The Balaban J connectivity index is 1.66. The minimum absolute atomic E-state index is 0.0282. The Morgan fingerprint density at radius 1 is 0.500 bits per heavy atom. The summed E-state index contributed by atoms with van der Waals surface area (Å²) in [4.78, 5) is 0. The predicted molar refractivity (Wildman–Crippen MR) is 186 cm³/mol. The van der Waals surface area contributed by atoms with Crippen molar-refractivity contribution >= 4 is 0 Å². The van der Waals surface area contributed by atoms with Gasteiger partial charge in [-0.2, -0.15) is 0 Å². The Hall–Kier alpha value is -0.240. The van der Waals surface area contributed by atoms with Gasteiger partial charge >= 0.3 is 0 Å². The van der Waals surface area contributed by atoms with Gasteiger partial charge in [0.25, 0.3) is 0 Å². The van der Waals surface area contributed by atoms with Gasteiger partial charge in [0.1, 0.15) is 0 Å². The van der Waals surface area contributed by atoms with Crippen LogP contribution in [0.25, 0.3) is 0 Å². The molecule has 0 aromatic heterocycles. The van der Waals surface area contributed by atoms with E-state index in [-0.39, 0.29) is 51.7 Å². The quantitative estimate of drug-likeness (QED) is 0.142. The van der Waals surface area contributed by atoms with Gasteiger partial charge in [0.2, 0.25) is 0 Å². The molecule has 0 radical (unpaired) electrons. The van der Waals surface area contributed by atoms with Crippen molar-refractivity contribution in [2.24, 2.45) is 17.8 Å². The van der Waals surface area contributed by atoms with Crippen molar-refractivity contribution in [3.05, 3.63) is 0 Å². The number of hydrogen-bond acceptors (Lipinski definition) is 6. The Morgan fingerprint density at radius 3 is 1.20 bits per heavy atom. The lowest BCUT2D eigenvalue weighted by atomic mass is 9.74. The first kappa shape index (κ1) is 38.2. The lowest BCUT2D eigenvalue weighted by molar-refractivity contribution is -0.223. The second-order valence-electron chi connectivity index (χ2n) is 18.9. The van der Waals surface area contributed by atoms with E-state index in [1.54, 1.807) is 0 Å². The Morgan fingerprint density at radius 2 is 0.841 bits per heavy atom. The predicted octanol–water partition coefficient (Wildman–Crippen LogP) is 8.37. The van der Waals surface area contributed by atoms with Crippen LogP contribution in [0.4, 0.5) is 0 Å². The fraction of sp³-hybridized carbons (Fsp3) is 1.00. The van der Waals surface area contributed by atoms with Crippen LogP contribution < -0.4 is 16.0 Å². The molecule has 260 valence electrons. The zero-order valence-electron chi connectivity index (χ0n) is 31.8. The van der Waals surface area contributed by atoms with E-state index in [2.05, 4.69) is 120 Å². The highest BCUT2D eigenvalue weighted by Gasteiger charge is 2.46. The van der Waals surface area contributed by atoms with Crippen LogP contribution >= 0.6 is 0 Å². The molecule has 0 aliphatic carbocycles. The van der Waals surface area contributed by atoms with Crippen molar-refractivity contribution in [1.82, 2.24) is 16.0 Å². The van der Waals surface area contributed by atoms with Gasteiger partial charge in [0.05, 0.1) is 18.3 Å². The maximum Gasteiger partial charge on any atom is 0.158 e. The third kappa shape index (κ3) is 10.4. The van der Waals surface area contributed by atoms with Crippen molar-refractivity contribution in [3.63, 3.8) is 0 Å². The van der Waals surface area contributed by atoms with Crippen LogP contribution in [0, 0.1) is 17.8 Å². The first-order valence-corrected chi connectivity index (χ1v) is 18.3. The molecule has 6 nitrogen and oxygen atoms in total. The van der Waals surface area contributed by atoms with Crippen LogP contribution in [0.5, 0.6) is 0 Å². The van der Waals surface area contributed by atoms with Crippen molar-refractivity contribution in [1.29, 1.82) is 0 Å². The number of ether oxygens (including phenoxy) is 3. The molecule has 0 aromatic rings. The highest BCUT2D eigenvalue weighted by Crippen LogP contribution is 2.39. The number of rotatable bonds is 13. The minimum atomic E-state index is -0.192. The van der Waals surface area contributed by atoms with Crippen molar-refractivity contribution < 1.29 is 14.2 Å². The average molecular weight is 622 g/mol. The van der Waals surface area contributed by atoms with Crippen molar-refractivity contribution in [2.75, 3.05) is 6.61 Å². The molecule has 0 spiro atoms. The van der Waals surface area contributed by atoms with E-state index in [9.17, 15) is 0 Å². The molecule has 6 atom stereocenters. The molecule has 3 N–H and O–H groups in total. The van der Waals surface area contributed by atoms with Crippen LogP contribution in [-0.2, 0) is 14.2 Å². The van der Waals surface area contributed by atoms with Crippen molar-refractivity contribution in [2.45, 2.75) is 219 Å². The second kappa shape index (κ2) is 14.1. The molecule has 44 heavy (non-hydrogen) atoms. The second-order valence-corrected chi connectivity index (χ2v) is 18.9. The third-order valence-corrected chi connectivity index (χ3v) is 11.7. The van der Waals surface area contributed by atoms with Crippen LogP contribution in [0.15, 0.2) is 0 Å². The Kier molecular flexibility index (Phi) is 12.2. The maximum atomic E-state index is 7.02. The summed E-state index contributed by atoms with van der Waals surface area (Å²) in [6.45, 7) is 35.8. The summed E-state index contributed by atoms with van der Waals surface area (Å²) in [5, 5.41) is 11.8. The highest BCUT2D eigenvalue weighted by molar-refractivity contribution is 5.04. The summed E-state index contributed by atoms with van der Waals surface area (Å²) in [6.07, 6.45) is 9.62. The Labute approximate surface area is 273 Å². The fourth-order valence-corrected chi connectivity index (χ4v) is 8.68. The molecule has 3 aliphatic heterocycles. The van der Waals surface area contributed by atoms with Crippen LogP contribution in [0.3, 0.4) is 0 Å². The first-order chi connectivity index (χ1) is 20.0. The molecule has 6 unspecified atom stereocenters. The molecule has 0 bridgehead atoms. The normalized spacial score (nSPS) is 37.9. The molecule has 3 saturated heterocycles. The minimum Gasteiger partial charge on any atom is -0.378 e. The lowest BCUT2D eigenvalue weighted by Crippen LogP contribution is -2.64. The summed E-state index contributed by atoms with van der Waals surface area (Å²) in [6, 6.07) is 0. The summed E-state index contributed by atoms with van der Waals surface area (Å²) in [5.74, 6) is 1.62. The molecular weight excluding hydrogens is 546 g/mol. The van der Waals surface area contributed by atoms with Gasteiger partial charge in [0.15, 0.2) is 6.29 Å². The van der Waals surface area contributed by atoms with Crippen LogP contribution in [0.2, 0.25) is 0 Å². The summed E-state index contributed by atoms with van der Waals surface area (Å²) < 4.78 is 20.6. The SMILES string of the molecule is CC(C)C1(C)CC(OCCCCC(OC2CC(C)(C)NC(C)(C(C)C)C2)OC2CC(C)(C)NC(C)(C(C)C)C2)CC(C)(C)N1. The van der Waals surface area contributed by atoms with E-state index in [4.69, 9.17) is 14.2 Å². The van der Waals surface area contributed by atoms with Gasteiger partial charge in [-0.1, -0.05) is 41.5 Å². The van der Waals surface area contributed by atoms with Gasteiger partial charge in [-0.25, -0.2) is 0 Å². The molecule has 3 heterocycles. The number of piperidine rings is 3. The number of unbranched alkanes of at least 4 members (excludes halogenated alkanes) is 1. The summed E-state index contributed by atoms with van der Waals surface area (Å²) in [5.41, 5.74) is 0.352. The topological polar surface area (TPSA) is 63.8 Å². The zero-order chi connectivity index (χ0) is 33.4. The van der Waals surface area contributed by atoms with E-state index < -0.39 is 0 Å². The smallest absolute Gasteiger partial charge is 0.158 e. The van der Waals surface area contributed by atoms with E-state index in [0.717, 1.165) is 64.4 Å². The van der Waals surface area contributed by atoms with Gasteiger partial charge in [-0.3, -0.25) is 0 Å². The van der Waals surface area contributed by atoms with Gasteiger partial charge in [-0.05, 0) is 138 Å². The number of hydrogen-bond donors (Lipinski definition) is 3. The van der Waals surface area contributed by atoms with Gasteiger partial charge in [-0.15, -0.1) is 0 Å². The van der Waals surface area contributed by atoms with Crippen LogP contribution in [-0.4, -0.2) is 64.4 Å². The van der Waals surface area contributed by atoms with E-state index in [1.165, 1.54) is 0 Å². The van der Waals surface area contributed by atoms with Gasteiger partial charge in [0, 0.05) is 39.8 Å². The summed E-state index contributed by atoms with van der Waals surface area (Å²) in [7, 11) is 0. The number of nitrogens with one attached hydrogen (secondary N) is 3. The maximum absolute atomic E-state index is 7.02. The fourth-order valence-electron chi connectivity index (χ4n) is 8.68. The molecular formula is C38H75N3O3. The molecule has 0 aromatic carbocycles. The largest absolute Gasteiger partial charge is 0.378 e. The third-order valence-electron chi connectivity index (χ3n) is 11.7. The Bertz CT molecular complexity index is 871. The highest BCUT2D eigenvalue weighted by atomic mass is 16.7. The van der Waals surface area contributed by atoms with Crippen LogP contribution in [0.1, 0.15) is 162 Å². The zero-order valence-corrected chi connectivity index (χ0v) is 31.8. The first-order valence-electron chi connectivity index (χ1n) is 18.3. The average Bonchev–Trinajstić information content (AvgIpc) is 2.79. The summed E-state index contributed by atoms with van der Waals surface area (Å²) >= 11 is 0. The molecule has 3 aliphatic rings.